The van der Waals surface area contributed by atoms with Crippen molar-refractivity contribution in [3.8, 4) is 161 Å². The molecule has 0 saturated heterocycles. The fourth-order valence-electron chi connectivity index (χ4n) is 20.3. The van der Waals surface area contributed by atoms with Gasteiger partial charge in [0.15, 0.2) is 46.6 Å². The molecule has 145 heavy (non-hydrogen) atoms. The van der Waals surface area contributed by atoms with E-state index in [1.165, 1.54) is 80.8 Å². The number of phenolic OH excluding ortho intramolecular Hbond substituents is 8. The van der Waals surface area contributed by atoms with E-state index in [2.05, 4.69) is 208 Å². The third-order valence-electron chi connectivity index (χ3n) is 27.8. The van der Waals surface area contributed by atoms with Crippen LogP contribution >= 0.6 is 0 Å². The van der Waals surface area contributed by atoms with Crippen molar-refractivity contribution in [2.75, 3.05) is 6.61 Å². The molecule has 1 unspecified atom stereocenters. The number of aromatic nitrogens is 12. The highest BCUT2D eigenvalue weighted by Gasteiger charge is 2.29. The molecule has 3 fully saturated rings. The Morgan fingerprint density at radius 2 is 0.607 bits per heavy atom. The van der Waals surface area contributed by atoms with Crippen LogP contribution in [0.3, 0.4) is 0 Å². The van der Waals surface area contributed by atoms with Gasteiger partial charge in [-0.3, -0.25) is 0 Å². The number of benzene rings is 18. The van der Waals surface area contributed by atoms with E-state index in [-0.39, 0.29) is 88.3 Å². The molecule has 4 aromatic heterocycles. The lowest BCUT2D eigenvalue weighted by atomic mass is 9.92. The van der Waals surface area contributed by atoms with E-state index in [4.69, 9.17) is 48.9 Å². The average molecular weight is 1920 g/mol. The molecule has 4 heterocycles. The maximum absolute atomic E-state index is 10.6. The molecule has 18 aromatic carbocycles. The van der Waals surface area contributed by atoms with Crippen molar-refractivity contribution in [3.63, 3.8) is 0 Å². The van der Waals surface area contributed by atoms with Gasteiger partial charge in [-0.2, -0.15) is 39.9 Å². The first kappa shape index (κ1) is 92.5. The first-order valence-electron chi connectivity index (χ1n) is 49.6. The Hall–Kier alpha value is -17.5. The standard InChI is InChI=1S/C33H31N3O3.C32H25N3O3.2C28H23N3O3/c1-3-5-7-20(4-2)19-39-33-35-31(34-32(36-33)27-17-14-24(37)18-28(27)38)26-16-13-23-11-10-21-8-6-9-22-12-15-25(26)30(23)29(21)22;36-20-14-16-26(29(37)17-20)30-33-31(35-32(34-30)38-21-8-2-3-9-21)28-18-27-22-10-4-1-7-19(22)13-15-25(27)23-11-5-6-12-24(23)28;32-19-13-14-23(24(33)16-19)26-29-27(31-28(30-26)34-20-9-3-4-10-20)25-21-11-5-1-7-17(21)15-18-8-2-6-12-22(18)25;32-22-11-12-24(25(33)16-22)27-29-26(30-28(31-27)34-23-7-3-4-8-23)20-10-9-19-13-17-5-1-2-6-18(17)14-21(19)15-20/h6,8-18,20,37-38H,3-5,7,19H2,1-2H3;1,4-7,10-18,21,36-37H,2-3,8-9H2;1-2,5-8,11-16,20,32-33H,3-4,9-10H2;1-2,5-6,9-16,23,32-33H,3-4,7-8H2. The molecule has 3 saturated carbocycles. The molecule has 0 amide bonds. The van der Waals surface area contributed by atoms with Crippen molar-refractivity contribution in [2.45, 2.75) is 135 Å². The third kappa shape index (κ3) is 19.6. The van der Waals surface area contributed by atoms with Crippen LogP contribution in [0.2, 0.25) is 0 Å². The lowest BCUT2D eigenvalue weighted by molar-refractivity contribution is 0.192. The second-order valence-corrected chi connectivity index (χ2v) is 37.4. The molecule has 3 aliphatic rings. The van der Waals surface area contributed by atoms with Gasteiger partial charge in [-0.15, -0.1) is 0 Å². The quantitative estimate of drug-likeness (QED) is 0.0245. The Morgan fingerprint density at radius 3 is 1.11 bits per heavy atom. The molecule has 22 aromatic rings. The van der Waals surface area contributed by atoms with Gasteiger partial charge in [-0.05, 0) is 282 Å². The van der Waals surface area contributed by atoms with Crippen molar-refractivity contribution < 1.29 is 59.8 Å². The summed E-state index contributed by atoms with van der Waals surface area (Å²) in [7, 11) is 0. The summed E-state index contributed by atoms with van der Waals surface area (Å²) in [5, 5.41) is 104. The number of fused-ring (bicyclic) bond motifs is 9. The van der Waals surface area contributed by atoms with E-state index in [0.717, 1.165) is 200 Å². The molecule has 718 valence electrons. The molecular weight excluding hydrogens is 1810 g/mol. The van der Waals surface area contributed by atoms with Crippen LogP contribution in [-0.2, 0) is 0 Å². The van der Waals surface area contributed by atoms with Gasteiger partial charge >= 0.3 is 24.0 Å². The van der Waals surface area contributed by atoms with Crippen molar-refractivity contribution in [3.05, 3.63) is 303 Å². The molecule has 24 heteroatoms. The molecule has 3 aliphatic carbocycles. The highest BCUT2D eigenvalue weighted by molar-refractivity contribution is 6.26. The fourth-order valence-corrected chi connectivity index (χ4v) is 20.3. The lowest BCUT2D eigenvalue weighted by Gasteiger charge is -2.16. The monoisotopic (exact) mass is 1910 g/mol. The summed E-state index contributed by atoms with van der Waals surface area (Å²) < 4.78 is 24.7. The first-order valence-corrected chi connectivity index (χ1v) is 49.6. The smallest absolute Gasteiger partial charge is 0.320 e. The van der Waals surface area contributed by atoms with E-state index >= 15 is 0 Å². The number of nitrogens with zero attached hydrogens (tertiary/aromatic N) is 12. The fraction of sp³-hybridized carbons (Fsp3) is 0.190. The van der Waals surface area contributed by atoms with Gasteiger partial charge in [0.2, 0.25) is 0 Å². The highest BCUT2D eigenvalue weighted by Crippen LogP contribution is 2.46. The summed E-state index contributed by atoms with van der Waals surface area (Å²) in [4.78, 5) is 56.3. The summed E-state index contributed by atoms with van der Waals surface area (Å²) in [6, 6.07) is 97.9. The number of unbranched alkanes of at least 4 members (excludes halogenated alkanes) is 1. The SMILES string of the molecule is CCCCC(CC)COc1nc(-c2ccc(O)cc2O)nc(-c2ccc3ccc4cccc5ccc2c3c45)n1.Oc1ccc(-c2nc(OC3CCCC3)nc(-c3c4ccccc4cc4ccccc34)n2)c(O)c1.Oc1ccc(-c2nc(OC3CCCC3)nc(-c3cc4c5ccccc5ccc4c4ccccc34)n2)c(O)c1.Oc1ccc(-c2nc(OC3CCCC3)nc(-c3ccc4cc5ccccc5cc4c3)n2)c(O)c1. The average Bonchev–Trinajstić information content (AvgIpc) is 1.49. The van der Waals surface area contributed by atoms with Crippen molar-refractivity contribution in [1.29, 1.82) is 0 Å². The molecule has 0 radical (unpaired) electrons. The lowest BCUT2D eigenvalue weighted by Crippen LogP contribution is -2.14. The summed E-state index contributed by atoms with van der Waals surface area (Å²) in [6.45, 7) is 4.88. The molecule has 0 bridgehead atoms. The molecule has 8 N–H and O–H groups in total. The molecule has 25 rings (SSSR count). The summed E-state index contributed by atoms with van der Waals surface area (Å²) in [5.74, 6) is 2.95. The first-order chi connectivity index (χ1) is 71.0. The molecule has 24 nitrogen and oxygen atoms in total. The zero-order valence-corrected chi connectivity index (χ0v) is 79.8. The van der Waals surface area contributed by atoms with Crippen molar-refractivity contribution in [2.24, 2.45) is 5.92 Å². The highest BCUT2D eigenvalue weighted by atomic mass is 16.5. The Kier molecular flexibility index (Phi) is 25.9. The molecule has 0 aliphatic heterocycles. The Morgan fingerprint density at radius 1 is 0.255 bits per heavy atom. The second-order valence-electron chi connectivity index (χ2n) is 37.4. The maximum Gasteiger partial charge on any atom is 0.320 e. The van der Waals surface area contributed by atoms with Crippen LogP contribution in [0.5, 0.6) is 70.0 Å². The van der Waals surface area contributed by atoms with Crippen LogP contribution in [0.1, 0.15) is 117 Å². The van der Waals surface area contributed by atoms with E-state index in [1.807, 2.05) is 66.7 Å². The predicted octanol–water partition coefficient (Wildman–Crippen LogP) is 28.0. The minimum absolute atomic E-state index is 0.0280. The van der Waals surface area contributed by atoms with Crippen molar-refractivity contribution >= 4 is 108 Å². The van der Waals surface area contributed by atoms with Crippen LogP contribution in [0.25, 0.3) is 199 Å². The van der Waals surface area contributed by atoms with Crippen LogP contribution in [0, 0.1) is 5.92 Å². The van der Waals surface area contributed by atoms with Gasteiger partial charge in [-0.25, -0.2) is 19.9 Å². The zero-order valence-electron chi connectivity index (χ0n) is 79.8. The maximum atomic E-state index is 10.6. The summed E-state index contributed by atoms with van der Waals surface area (Å²) in [6.07, 6.45) is 17.2. The van der Waals surface area contributed by atoms with Crippen LogP contribution < -0.4 is 18.9 Å². The van der Waals surface area contributed by atoms with E-state index in [1.54, 1.807) is 24.3 Å². The van der Waals surface area contributed by atoms with Gasteiger partial charge in [0.25, 0.3) is 0 Å². The van der Waals surface area contributed by atoms with Gasteiger partial charge in [0.1, 0.15) is 64.3 Å². The van der Waals surface area contributed by atoms with E-state index < -0.39 is 0 Å². The van der Waals surface area contributed by atoms with Gasteiger partial charge in [-0.1, -0.05) is 227 Å². The minimum atomic E-state index is -0.108. The summed E-state index contributed by atoms with van der Waals surface area (Å²) in [5.41, 5.74) is 5.07. The van der Waals surface area contributed by atoms with Gasteiger partial charge in [0.05, 0.1) is 28.9 Å². The largest absolute Gasteiger partial charge is 0.508 e. The van der Waals surface area contributed by atoms with Crippen LogP contribution in [-0.4, -0.2) is 126 Å². The number of aromatic hydroxyl groups is 8. The minimum Gasteiger partial charge on any atom is -0.508 e. The van der Waals surface area contributed by atoms with Gasteiger partial charge in [0, 0.05) is 46.5 Å². The van der Waals surface area contributed by atoms with Crippen molar-refractivity contribution in [1.82, 2.24) is 59.8 Å². The number of phenols is 8. The van der Waals surface area contributed by atoms with E-state index in [9.17, 15) is 40.9 Å². The second kappa shape index (κ2) is 40.6. The molecule has 0 spiro atoms. The van der Waals surface area contributed by atoms with Crippen LogP contribution in [0.4, 0.5) is 0 Å². The number of rotatable bonds is 21. The zero-order chi connectivity index (χ0) is 98.7. The third-order valence-corrected chi connectivity index (χ3v) is 27.8. The molecular formula is C121H102N12O12. The Labute approximate surface area is 834 Å². The summed E-state index contributed by atoms with van der Waals surface area (Å²) >= 11 is 0. The topological polar surface area (TPSA) is 353 Å². The predicted molar refractivity (Wildman–Crippen MR) is 570 cm³/mol. The Bertz CT molecular complexity index is 8600. The van der Waals surface area contributed by atoms with E-state index in [0.29, 0.717) is 81.4 Å². The molecule has 1 atom stereocenters. The normalized spacial score (nSPS) is 13.6. The number of hydrogen-bond acceptors (Lipinski definition) is 24. The van der Waals surface area contributed by atoms with Crippen LogP contribution in [0.15, 0.2) is 303 Å². The Balaban J connectivity index is 0.000000110. The van der Waals surface area contributed by atoms with Gasteiger partial charge < -0.3 is 59.8 Å². The number of ether oxygens (including phenoxy) is 4. The number of hydrogen-bond donors (Lipinski definition) is 8.